The Kier molecular flexibility index (Phi) is 18.1. The molecule has 0 aliphatic carbocycles. The second kappa shape index (κ2) is 22.4. The molecule has 0 saturated heterocycles. The number of unbranched alkanes of at least 4 members (excludes halogenated alkanes) is 14. The van der Waals surface area contributed by atoms with Gasteiger partial charge in [0.05, 0.1) is 10.9 Å². The monoisotopic (exact) mass is 632 g/mol. The Morgan fingerprint density at radius 3 is 1.64 bits per heavy atom. The van der Waals surface area contributed by atoms with Gasteiger partial charge in [-0.2, -0.15) is 0 Å². The van der Waals surface area contributed by atoms with Crippen LogP contribution < -0.4 is 4.74 Å². The molecule has 0 N–H and O–H groups in total. The maximum Gasteiger partial charge on any atom is 0.338 e. The summed E-state index contributed by atoms with van der Waals surface area (Å²) in [6.07, 6.45) is 20.7. The fourth-order valence-electron chi connectivity index (χ4n) is 5.52. The normalized spacial score (nSPS) is 11.7. The van der Waals surface area contributed by atoms with Crippen molar-refractivity contribution in [1.82, 2.24) is 0 Å². The summed E-state index contributed by atoms with van der Waals surface area (Å²) in [6, 6.07) is 24.7. The highest BCUT2D eigenvalue weighted by atomic mass is 35.5. The third-order valence-corrected chi connectivity index (χ3v) is 8.50. The van der Waals surface area contributed by atoms with Gasteiger partial charge in [-0.3, -0.25) is 4.79 Å². The van der Waals surface area contributed by atoms with Crippen LogP contribution in [0.25, 0.3) is 11.1 Å². The Hall–Kier alpha value is -3.11. The van der Waals surface area contributed by atoms with E-state index in [0.717, 1.165) is 29.5 Å². The molecule has 0 spiro atoms. The summed E-state index contributed by atoms with van der Waals surface area (Å²) in [4.78, 5) is 24.8. The number of esters is 2. The lowest BCUT2D eigenvalue weighted by Gasteiger charge is -2.11. The number of hydrogen-bond donors (Lipinski definition) is 0. The smallest absolute Gasteiger partial charge is 0.338 e. The molecule has 244 valence electrons. The van der Waals surface area contributed by atoms with Crippen LogP contribution in [-0.2, 0) is 16.0 Å². The molecular weight excluding hydrogens is 580 g/mol. The van der Waals surface area contributed by atoms with Gasteiger partial charge in [-0.1, -0.05) is 151 Å². The van der Waals surface area contributed by atoms with E-state index in [9.17, 15) is 9.59 Å². The number of halogens is 1. The van der Waals surface area contributed by atoms with Gasteiger partial charge >= 0.3 is 11.9 Å². The van der Waals surface area contributed by atoms with Crippen molar-refractivity contribution >= 4 is 23.5 Å². The first-order valence-corrected chi connectivity index (χ1v) is 17.7. The molecule has 3 rings (SSSR count). The average Bonchev–Trinajstić information content (AvgIpc) is 3.06. The van der Waals surface area contributed by atoms with Gasteiger partial charge < -0.3 is 9.47 Å². The molecule has 0 bridgehead atoms. The number of benzene rings is 3. The van der Waals surface area contributed by atoms with Crippen molar-refractivity contribution in [3.8, 4) is 16.9 Å². The molecule has 0 aliphatic rings. The van der Waals surface area contributed by atoms with Gasteiger partial charge in [0.1, 0.15) is 12.4 Å². The zero-order valence-corrected chi connectivity index (χ0v) is 28.1. The van der Waals surface area contributed by atoms with E-state index in [1.807, 2.05) is 66.7 Å². The lowest BCUT2D eigenvalue weighted by Crippen LogP contribution is -2.16. The number of carbonyl (C=O) groups excluding carboxylic acids is 2. The molecule has 0 radical (unpaired) electrons. The molecule has 5 heteroatoms. The molecule has 45 heavy (non-hydrogen) atoms. The number of alkyl halides is 1. The van der Waals surface area contributed by atoms with E-state index in [-0.39, 0.29) is 18.0 Å². The highest BCUT2D eigenvalue weighted by molar-refractivity contribution is 6.20. The summed E-state index contributed by atoms with van der Waals surface area (Å²) in [7, 11) is 0. The quantitative estimate of drug-likeness (QED) is 0.0451. The molecule has 3 aromatic carbocycles. The van der Waals surface area contributed by atoms with Crippen molar-refractivity contribution in [2.75, 3.05) is 6.61 Å². The summed E-state index contributed by atoms with van der Waals surface area (Å²) in [5.74, 6) is -0.0177. The second-order valence-corrected chi connectivity index (χ2v) is 12.8. The van der Waals surface area contributed by atoms with Crippen LogP contribution in [0.4, 0.5) is 0 Å². The minimum absolute atomic E-state index is 0.149. The van der Waals surface area contributed by atoms with E-state index in [2.05, 4.69) is 6.92 Å². The third-order valence-electron chi connectivity index (χ3n) is 8.22. The molecule has 0 amide bonds. The molecule has 1 atom stereocenters. The molecule has 0 fully saturated rings. The van der Waals surface area contributed by atoms with Gasteiger partial charge in [-0.25, -0.2) is 4.79 Å². The van der Waals surface area contributed by atoms with Crippen LogP contribution >= 0.6 is 11.6 Å². The number of ether oxygens (including phenoxy) is 2. The van der Waals surface area contributed by atoms with Gasteiger partial charge in [0.25, 0.3) is 0 Å². The van der Waals surface area contributed by atoms with E-state index in [4.69, 9.17) is 21.1 Å². The Balaban J connectivity index is 1.24. The summed E-state index contributed by atoms with van der Waals surface area (Å²) >= 11 is 6.37. The van der Waals surface area contributed by atoms with Gasteiger partial charge in [-0.05, 0) is 53.8 Å². The fraction of sp³-hybridized carbons (Fsp3) is 0.500. The maximum absolute atomic E-state index is 12.5. The van der Waals surface area contributed by atoms with E-state index >= 15 is 0 Å². The zero-order valence-electron chi connectivity index (χ0n) is 27.3. The standard InChI is InChI=1S/C40H53ClO4/c1-2-3-4-5-6-7-8-9-10-11-12-13-14-15-19-22-39(42)45-38-29-27-35(28-30-38)34-23-25-36(26-24-34)40(43)44-32-37(41)31-33-20-17-16-18-21-33/h16-18,20-21,23-30,37H,2-15,19,22,31-32H2,1H3. The molecule has 0 heterocycles. The Bertz CT molecular complexity index is 1210. The van der Waals surface area contributed by atoms with E-state index in [0.29, 0.717) is 24.2 Å². The van der Waals surface area contributed by atoms with Crippen LogP contribution in [0.5, 0.6) is 5.75 Å². The number of carbonyl (C=O) groups is 2. The first-order chi connectivity index (χ1) is 22.0. The van der Waals surface area contributed by atoms with Crippen LogP contribution in [0.3, 0.4) is 0 Å². The van der Waals surface area contributed by atoms with Crippen LogP contribution in [-0.4, -0.2) is 23.9 Å². The predicted molar refractivity (Wildman–Crippen MR) is 187 cm³/mol. The minimum atomic E-state index is -0.392. The number of rotatable bonds is 23. The van der Waals surface area contributed by atoms with Crippen molar-refractivity contribution in [3.63, 3.8) is 0 Å². The molecular formula is C40H53ClO4. The molecule has 0 aliphatic heterocycles. The highest BCUT2D eigenvalue weighted by Gasteiger charge is 2.13. The number of hydrogen-bond acceptors (Lipinski definition) is 4. The van der Waals surface area contributed by atoms with Gasteiger partial charge in [-0.15, -0.1) is 11.6 Å². The Morgan fingerprint density at radius 1 is 0.622 bits per heavy atom. The molecule has 4 nitrogen and oxygen atoms in total. The van der Waals surface area contributed by atoms with Gasteiger partial charge in [0.2, 0.25) is 0 Å². The van der Waals surface area contributed by atoms with E-state index < -0.39 is 5.97 Å². The topological polar surface area (TPSA) is 52.6 Å². The van der Waals surface area contributed by atoms with E-state index in [1.165, 1.54) is 83.5 Å². The van der Waals surface area contributed by atoms with Crippen LogP contribution in [0.1, 0.15) is 126 Å². The zero-order chi connectivity index (χ0) is 32.0. The first-order valence-electron chi connectivity index (χ1n) is 17.3. The lowest BCUT2D eigenvalue weighted by atomic mass is 10.0. The third kappa shape index (κ3) is 15.6. The maximum atomic E-state index is 12.5. The van der Waals surface area contributed by atoms with Crippen molar-refractivity contribution < 1.29 is 19.1 Å². The summed E-state index contributed by atoms with van der Waals surface area (Å²) in [6.45, 7) is 2.42. The molecule has 3 aromatic rings. The first kappa shape index (κ1) is 36.4. The fourth-order valence-corrected chi connectivity index (χ4v) is 5.76. The largest absolute Gasteiger partial charge is 0.461 e. The van der Waals surface area contributed by atoms with Gasteiger partial charge in [0, 0.05) is 6.42 Å². The molecule has 0 aromatic heterocycles. The Morgan fingerprint density at radius 2 is 1.11 bits per heavy atom. The van der Waals surface area contributed by atoms with Crippen molar-refractivity contribution in [3.05, 3.63) is 90.0 Å². The minimum Gasteiger partial charge on any atom is -0.461 e. The summed E-state index contributed by atoms with van der Waals surface area (Å²) in [5.41, 5.74) is 3.52. The Labute approximate surface area is 276 Å². The second-order valence-electron chi connectivity index (χ2n) is 12.2. The summed E-state index contributed by atoms with van der Waals surface area (Å²) < 4.78 is 11.0. The SMILES string of the molecule is CCCCCCCCCCCCCCCCCC(=O)Oc1ccc(-c2ccc(C(=O)OCC(Cl)Cc3ccccc3)cc2)cc1. The highest BCUT2D eigenvalue weighted by Crippen LogP contribution is 2.24. The van der Waals surface area contributed by atoms with Crippen molar-refractivity contribution in [2.45, 2.75) is 121 Å². The van der Waals surface area contributed by atoms with E-state index in [1.54, 1.807) is 12.1 Å². The van der Waals surface area contributed by atoms with Crippen molar-refractivity contribution in [1.29, 1.82) is 0 Å². The molecule has 0 saturated carbocycles. The van der Waals surface area contributed by atoms with Gasteiger partial charge in [0.15, 0.2) is 0 Å². The average molecular weight is 633 g/mol. The summed E-state index contributed by atoms with van der Waals surface area (Å²) in [5, 5.41) is -0.285. The van der Waals surface area contributed by atoms with Crippen LogP contribution in [0.2, 0.25) is 0 Å². The van der Waals surface area contributed by atoms with Crippen molar-refractivity contribution in [2.24, 2.45) is 0 Å². The predicted octanol–water partition coefficient (Wildman–Crippen LogP) is 11.5. The molecule has 1 unspecified atom stereocenters. The van der Waals surface area contributed by atoms with Crippen LogP contribution in [0.15, 0.2) is 78.9 Å². The van der Waals surface area contributed by atoms with Crippen LogP contribution in [0, 0.1) is 0 Å². The lowest BCUT2D eigenvalue weighted by molar-refractivity contribution is -0.134.